The summed E-state index contributed by atoms with van der Waals surface area (Å²) in [6, 6.07) is 9.95. The Morgan fingerprint density at radius 1 is 1.32 bits per heavy atom. The van der Waals surface area contributed by atoms with Crippen LogP contribution in [0.1, 0.15) is 16.1 Å². The van der Waals surface area contributed by atoms with Crippen LogP contribution in [0.25, 0.3) is 6.08 Å². The summed E-state index contributed by atoms with van der Waals surface area (Å²) in [7, 11) is 0. The van der Waals surface area contributed by atoms with Crippen LogP contribution in [-0.4, -0.2) is 27.6 Å². The van der Waals surface area contributed by atoms with Gasteiger partial charge in [0.1, 0.15) is 10.1 Å². The van der Waals surface area contributed by atoms with E-state index in [-0.39, 0.29) is 11.7 Å². The van der Waals surface area contributed by atoms with Crippen molar-refractivity contribution in [1.82, 2.24) is 4.90 Å². The van der Waals surface area contributed by atoms with Crippen molar-refractivity contribution in [3.05, 3.63) is 71.5 Å². The van der Waals surface area contributed by atoms with Crippen molar-refractivity contribution in [2.24, 2.45) is 0 Å². The van der Waals surface area contributed by atoms with Gasteiger partial charge in [-0.2, -0.15) is 0 Å². The predicted molar refractivity (Wildman–Crippen MR) is 100 cm³/mol. The largest absolute Gasteiger partial charge is 0.457 e. The Morgan fingerprint density at radius 3 is 2.72 bits per heavy atom. The smallest absolute Gasteiger partial charge is 0.379 e. The number of amides is 1. The molecule has 0 spiro atoms. The minimum Gasteiger partial charge on any atom is -0.457 e. The summed E-state index contributed by atoms with van der Waals surface area (Å²) in [5.74, 6) is -0.181. The summed E-state index contributed by atoms with van der Waals surface area (Å²) in [6.45, 7) is 4.02. The molecule has 1 aromatic carbocycles. The summed E-state index contributed by atoms with van der Waals surface area (Å²) in [5.41, 5.74) is 0.803. The Balaban J connectivity index is 1.70. The molecule has 0 unspecified atom stereocenters. The second-order valence-electron chi connectivity index (χ2n) is 5.02. The second kappa shape index (κ2) is 7.50. The fourth-order valence-electron chi connectivity index (χ4n) is 2.12. The zero-order valence-electron chi connectivity index (χ0n) is 13.0. The number of benzene rings is 1. The summed E-state index contributed by atoms with van der Waals surface area (Å²) in [5, 5.41) is 0. The van der Waals surface area contributed by atoms with Crippen LogP contribution in [0.5, 0.6) is 5.75 Å². The van der Waals surface area contributed by atoms with Gasteiger partial charge >= 0.3 is 5.97 Å². The fraction of sp³-hybridized carbons (Fsp3) is 0.0556. The van der Waals surface area contributed by atoms with E-state index >= 15 is 0 Å². The van der Waals surface area contributed by atoms with Crippen molar-refractivity contribution in [3.8, 4) is 5.75 Å². The molecule has 1 aromatic heterocycles. The van der Waals surface area contributed by atoms with Gasteiger partial charge in [0.2, 0.25) is 5.76 Å². The van der Waals surface area contributed by atoms with E-state index in [1.165, 1.54) is 29.0 Å². The van der Waals surface area contributed by atoms with Gasteiger partial charge in [-0.3, -0.25) is 9.69 Å². The summed E-state index contributed by atoms with van der Waals surface area (Å²) in [6.07, 6.45) is 4.79. The molecule has 126 valence electrons. The van der Waals surface area contributed by atoms with E-state index in [1.54, 1.807) is 42.5 Å². The zero-order valence-corrected chi connectivity index (χ0v) is 14.6. The van der Waals surface area contributed by atoms with Gasteiger partial charge in [0, 0.05) is 6.54 Å². The molecular formula is C18H13NO4S2. The molecular weight excluding hydrogens is 358 g/mol. The highest BCUT2D eigenvalue weighted by molar-refractivity contribution is 8.26. The predicted octanol–water partition coefficient (Wildman–Crippen LogP) is 3.89. The maximum Gasteiger partial charge on any atom is 0.379 e. The Morgan fingerprint density at radius 2 is 2.08 bits per heavy atom. The van der Waals surface area contributed by atoms with E-state index in [1.807, 2.05) is 0 Å². The lowest BCUT2D eigenvalue weighted by molar-refractivity contribution is -0.121. The molecule has 2 aromatic rings. The monoisotopic (exact) mass is 371 g/mol. The standard InChI is InChI=1S/C18H13NO4S2/c1-2-9-19-16(20)15(25-18(19)24)11-12-5-7-13(8-6-12)23-17(21)14-4-3-10-22-14/h2-8,10-11H,1,9H2/b15-11-. The maximum absolute atomic E-state index is 12.3. The minimum absolute atomic E-state index is 0.134. The Labute approximate surface area is 153 Å². The zero-order chi connectivity index (χ0) is 17.8. The van der Waals surface area contributed by atoms with Gasteiger partial charge in [0.15, 0.2) is 0 Å². The molecule has 0 radical (unpaired) electrons. The van der Waals surface area contributed by atoms with Gasteiger partial charge in [0.25, 0.3) is 5.91 Å². The van der Waals surface area contributed by atoms with Gasteiger partial charge in [-0.25, -0.2) is 4.79 Å². The first-order chi connectivity index (χ1) is 12.1. The van der Waals surface area contributed by atoms with Crippen LogP contribution in [0, 0.1) is 0 Å². The number of rotatable bonds is 5. The molecule has 0 atom stereocenters. The number of nitrogens with zero attached hydrogens (tertiary/aromatic N) is 1. The molecule has 7 heteroatoms. The van der Waals surface area contributed by atoms with E-state index < -0.39 is 5.97 Å². The molecule has 1 aliphatic heterocycles. The lowest BCUT2D eigenvalue weighted by Gasteiger charge is -2.10. The first kappa shape index (κ1) is 17.2. The van der Waals surface area contributed by atoms with E-state index in [0.717, 1.165) is 5.56 Å². The number of hydrogen-bond donors (Lipinski definition) is 0. The minimum atomic E-state index is -0.567. The molecule has 0 bridgehead atoms. The van der Waals surface area contributed by atoms with Crippen molar-refractivity contribution in [2.75, 3.05) is 6.54 Å². The second-order valence-corrected chi connectivity index (χ2v) is 6.69. The van der Waals surface area contributed by atoms with Crippen LogP contribution in [-0.2, 0) is 4.79 Å². The van der Waals surface area contributed by atoms with Crippen LogP contribution >= 0.6 is 24.0 Å². The van der Waals surface area contributed by atoms with Gasteiger partial charge < -0.3 is 9.15 Å². The molecule has 0 saturated carbocycles. The number of carbonyl (C=O) groups is 2. The lowest BCUT2D eigenvalue weighted by atomic mass is 10.2. The highest BCUT2D eigenvalue weighted by Gasteiger charge is 2.30. The molecule has 3 rings (SSSR count). The molecule has 0 N–H and O–H groups in total. The third kappa shape index (κ3) is 3.89. The molecule has 25 heavy (non-hydrogen) atoms. The normalized spacial score (nSPS) is 15.7. The van der Waals surface area contributed by atoms with Crippen LogP contribution in [0.2, 0.25) is 0 Å². The highest BCUT2D eigenvalue weighted by atomic mass is 32.2. The van der Waals surface area contributed by atoms with Crippen molar-refractivity contribution in [3.63, 3.8) is 0 Å². The molecule has 1 fully saturated rings. The summed E-state index contributed by atoms with van der Waals surface area (Å²) >= 11 is 6.45. The van der Waals surface area contributed by atoms with E-state index in [2.05, 4.69) is 6.58 Å². The number of carbonyl (C=O) groups excluding carboxylic acids is 2. The van der Waals surface area contributed by atoms with Crippen molar-refractivity contribution < 1.29 is 18.7 Å². The number of furan rings is 1. The summed E-state index contributed by atoms with van der Waals surface area (Å²) in [4.78, 5) is 26.1. The van der Waals surface area contributed by atoms with E-state index in [4.69, 9.17) is 21.4 Å². The Hall–Kier alpha value is -2.64. The van der Waals surface area contributed by atoms with Crippen molar-refractivity contribution >= 4 is 46.3 Å². The first-order valence-electron chi connectivity index (χ1n) is 7.30. The number of thiocarbonyl (C=S) groups is 1. The highest BCUT2D eigenvalue weighted by Crippen LogP contribution is 2.32. The molecule has 5 nitrogen and oxygen atoms in total. The molecule has 0 aliphatic carbocycles. The van der Waals surface area contributed by atoms with Gasteiger partial charge in [0.05, 0.1) is 11.2 Å². The third-order valence-electron chi connectivity index (χ3n) is 3.30. The van der Waals surface area contributed by atoms with Gasteiger partial charge in [-0.15, -0.1) is 6.58 Å². The van der Waals surface area contributed by atoms with Crippen molar-refractivity contribution in [1.29, 1.82) is 0 Å². The fourth-order valence-corrected chi connectivity index (χ4v) is 3.40. The third-order valence-corrected chi connectivity index (χ3v) is 4.67. The van der Waals surface area contributed by atoms with E-state index in [9.17, 15) is 9.59 Å². The number of ether oxygens (including phenoxy) is 1. The van der Waals surface area contributed by atoms with Gasteiger partial charge in [-0.05, 0) is 35.9 Å². The molecule has 1 saturated heterocycles. The topological polar surface area (TPSA) is 59.8 Å². The van der Waals surface area contributed by atoms with E-state index in [0.29, 0.717) is 21.5 Å². The Kier molecular flexibility index (Phi) is 5.16. The number of esters is 1. The quantitative estimate of drug-likeness (QED) is 0.261. The number of thioether (sulfide) groups is 1. The van der Waals surface area contributed by atoms with Crippen LogP contribution in [0.3, 0.4) is 0 Å². The first-order valence-corrected chi connectivity index (χ1v) is 8.53. The van der Waals surface area contributed by atoms with Gasteiger partial charge in [-0.1, -0.05) is 42.2 Å². The van der Waals surface area contributed by atoms with Crippen LogP contribution in [0.15, 0.2) is 64.6 Å². The SMILES string of the molecule is C=CCN1C(=O)/C(=C/c2ccc(OC(=O)c3ccco3)cc2)SC1=S. The summed E-state index contributed by atoms with van der Waals surface area (Å²) < 4.78 is 10.7. The molecule has 1 aliphatic rings. The van der Waals surface area contributed by atoms with Crippen LogP contribution in [0.4, 0.5) is 0 Å². The Bertz CT molecular complexity index is 854. The van der Waals surface area contributed by atoms with Crippen LogP contribution < -0.4 is 4.74 Å². The average Bonchev–Trinajstić information content (AvgIpc) is 3.22. The maximum atomic E-state index is 12.3. The number of hydrogen-bond acceptors (Lipinski definition) is 6. The molecule has 1 amide bonds. The average molecular weight is 371 g/mol. The molecule has 2 heterocycles. The lowest BCUT2D eigenvalue weighted by Crippen LogP contribution is -2.27. The van der Waals surface area contributed by atoms with Crippen molar-refractivity contribution in [2.45, 2.75) is 0 Å².